The largest absolute Gasteiger partial charge is 0.481 e. The molecule has 0 aliphatic rings. The third-order valence-electron chi connectivity index (χ3n) is 4.31. The smallest absolute Gasteiger partial charge is 0.305 e. The lowest BCUT2D eigenvalue weighted by Crippen LogP contribution is -2.34. The fourth-order valence-corrected chi connectivity index (χ4v) is 3.05. The van der Waals surface area contributed by atoms with Crippen molar-refractivity contribution >= 4 is 22.6 Å². The number of fused-ring (bicyclic) bond motifs is 1. The Morgan fingerprint density at radius 1 is 0.962 bits per heavy atom. The molecule has 132 valence electrons. The summed E-state index contributed by atoms with van der Waals surface area (Å²) in [6, 6.07) is 21.3. The number of rotatable bonds is 6. The van der Waals surface area contributed by atoms with Crippen molar-refractivity contribution in [1.29, 1.82) is 0 Å². The molecular weight excluding hydrogens is 328 g/mol. The first-order valence-corrected chi connectivity index (χ1v) is 8.38. The predicted octanol–water partition coefficient (Wildman–Crippen LogP) is 3.10. The molecule has 0 heterocycles. The Balaban J connectivity index is 1.93. The van der Waals surface area contributed by atoms with Crippen LogP contribution in [0.2, 0.25) is 0 Å². The molecule has 0 fully saturated rings. The number of amides is 1. The van der Waals surface area contributed by atoms with Gasteiger partial charge in [-0.15, -0.1) is 0 Å². The molecular formula is C21H20N2O3. The molecule has 1 atom stereocenters. The highest BCUT2D eigenvalue weighted by Gasteiger charge is 2.17. The summed E-state index contributed by atoms with van der Waals surface area (Å²) >= 11 is 0. The van der Waals surface area contributed by atoms with E-state index in [1.54, 1.807) is 0 Å². The van der Waals surface area contributed by atoms with Gasteiger partial charge in [-0.2, -0.15) is 0 Å². The Bertz CT molecular complexity index is 930. The Labute approximate surface area is 151 Å². The first kappa shape index (κ1) is 17.6. The topological polar surface area (TPSA) is 92.4 Å². The number of hydrogen-bond acceptors (Lipinski definition) is 3. The zero-order chi connectivity index (χ0) is 18.5. The molecule has 3 aromatic carbocycles. The van der Waals surface area contributed by atoms with Crippen molar-refractivity contribution < 1.29 is 14.7 Å². The van der Waals surface area contributed by atoms with Gasteiger partial charge >= 0.3 is 5.97 Å². The maximum atomic E-state index is 11.6. The fourth-order valence-electron chi connectivity index (χ4n) is 3.05. The number of nitrogens with one attached hydrogen (secondary N) is 1. The Kier molecular flexibility index (Phi) is 5.29. The second-order valence-electron chi connectivity index (χ2n) is 6.07. The van der Waals surface area contributed by atoms with E-state index in [0.29, 0.717) is 0 Å². The molecule has 0 saturated carbocycles. The highest BCUT2D eigenvalue weighted by Crippen LogP contribution is 2.29. The maximum Gasteiger partial charge on any atom is 0.305 e. The van der Waals surface area contributed by atoms with Crippen LogP contribution in [0.3, 0.4) is 0 Å². The van der Waals surface area contributed by atoms with Crippen LogP contribution in [0.15, 0.2) is 66.7 Å². The Hall–Kier alpha value is -3.18. The average Bonchev–Trinajstić information content (AvgIpc) is 2.66. The van der Waals surface area contributed by atoms with Crippen LogP contribution in [0.4, 0.5) is 0 Å². The molecule has 1 amide bonds. The van der Waals surface area contributed by atoms with Crippen LogP contribution in [0.5, 0.6) is 0 Å². The van der Waals surface area contributed by atoms with E-state index in [1.165, 1.54) is 0 Å². The monoisotopic (exact) mass is 348 g/mol. The van der Waals surface area contributed by atoms with Crippen LogP contribution in [0, 0.1) is 0 Å². The lowest BCUT2D eigenvalue weighted by molar-refractivity contribution is -0.137. The lowest BCUT2D eigenvalue weighted by Gasteiger charge is -2.17. The minimum atomic E-state index is -0.981. The standard InChI is InChI=1S/C21H20N2O3/c22-13-20(24)23-19(12-21(25)26)16-10-8-15(9-11-16)18-7-3-5-14-4-1-2-6-17(14)18/h1-11,19H,12-13,22H2,(H,23,24)(H,25,26). The summed E-state index contributed by atoms with van der Waals surface area (Å²) < 4.78 is 0. The van der Waals surface area contributed by atoms with Crippen molar-refractivity contribution in [1.82, 2.24) is 5.32 Å². The third-order valence-corrected chi connectivity index (χ3v) is 4.31. The normalized spacial score (nSPS) is 11.9. The molecule has 0 aliphatic carbocycles. The van der Waals surface area contributed by atoms with E-state index >= 15 is 0 Å². The minimum absolute atomic E-state index is 0.176. The summed E-state index contributed by atoms with van der Waals surface area (Å²) in [7, 11) is 0. The second-order valence-corrected chi connectivity index (χ2v) is 6.07. The molecule has 1 unspecified atom stereocenters. The van der Waals surface area contributed by atoms with Crippen molar-refractivity contribution in [3.05, 3.63) is 72.3 Å². The maximum absolute atomic E-state index is 11.6. The van der Waals surface area contributed by atoms with Crippen molar-refractivity contribution in [3.63, 3.8) is 0 Å². The zero-order valence-electron chi connectivity index (χ0n) is 14.2. The van der Waals surface area contributed by atoms with Gasteiger partial charge in [0.2, 0.25) is 5.91 Å². The quantitative estimate of drug-likeness (QED) is 0.638. The second kappa shape index (κ2) is 7.80. The number of nitrogens with two attached hydrogens (primary N) is 1. The molecule has 5 heteroatoms. The van der Waals surface area contributed by atoms with Gasteiger partial charge in [-0.05, 0) is 27.5 Å². The summed E-state index contributed by atoms with van der Waals surface area (Å²) in [5.41, 5.74) is 8.20. The van der Waals surface area contributed by atoms with Gasteiger partial charge in [0.05, 0.1) is 19.0 Å². The van der Waals surface area contributed by atoms with E-state index in [2.05, 4.69) is 29.6 Å². The summed E-state index contributed by atoms with van der Waals surface area (Å²) in [5, 5.41) is 14.1. The molecule has 3 rings (SSSR count). The van der Waals surface area contributed by atoms with E-state index < -0.39 is 12.0 Å². The van der Waals surface area contributed by atoms with Gasteiger partial charge in [0, 0.05) is 0 Å². The van der Waals surface area contributed by atoms with Crippen molar-refractivity contribution in [2.75, 3.05) is 6.54 Å². The van der Waals surface area contributed by atoms with Gasteiger partial charge in [-0.3, -0.25) is 9.59 Å². The zero-order valence-corrected chi connectivity index (χ0v) is 14.2. The van der Waals surface area contributed by atoms with E-state index in [1.807, 2.05) is 42.5 Å². The Morgan fingerprint density at radius 2 is 1.65 bits per heavy atom. The molecule has 0 saturated heterocycles. The number of carbonyl (C=O) groups is 2. The highest BCUT2D eigenvalue weighted by molar-refractivity contribution is 5.96. The van der Waals surface area contributed by atoms with Crippen LogP contribution < -0.4 is 11.1 Å². The summed E-state index contributed by atoms with van der Waals surface area (Å²) in [4.78, 5) is 22.7. The molecule has 5 nitrogen and oxygen atoms in total. The van der Waals surface area contributed by atoms with Crippen molar-refractivity contribution in [2.24, 2.45) is 5.73 Å². The molecule has 0 radical (unpaired) electrons. The number of carboxylic acid groups (broad SMARTS) is 1. The molecule has 26 heavy (non-hydrogen) atoms. The van der Waals surface area contributed by atoms with Gasteiger partial charge < -0.3 is 16.2 Å². The van der Waals surface area contributed by atoms with Crippen molar-refractivity contribution in [2.45, 2.75) is 12.5 Å². The average molecular weight is 348 g/mol. The summed E-state index contributed by atoms with van der Waals surface area (Å²) in [6.07, 6.45) is -0.195. The van der Waals surface area contributed by atoms with E-state index in [4.69, 9.17) is 10.8 Å². The summed E-state index contributed by atoms with van der Waals surface area (Å²) in [6.45, 7) is -0.176. The minimum Gasteiger partial charge on any atom is -0.481 e. The fraction of sp³-hybridized carbons (Fsp3) is 0.143. The van der Waals surface area contributed by atoms with Crippen molar-refractivity contribution in [3.8, 4) is 11.1 Å². The molecule has 3 aromatic rings. The molecule has 0 aromatic heterocycles. The van der Waals surface area contributed by atoms with Crippen LogP contribution in [0.25, 0.3) is 21.9 Å². The summed E-state index contributed by atoms with van der Waals surface area (Å²) in [5.74, 6) is -1.36. The van der Waals surface area contributed by atoms with Gasteiger partial charge in [-0.1, -0.05) is 66.7 Å². The van der Waals surface area contributed by atoms with Crippen LogP contribution in [-0.4, -0.2) is 23.5 Å². The van der Waals surface area contributed by atoms with E-state index in [9.17, 15) is 9.59 Å². The Morgan fingerprint density at radius 3 is 2.35 bits per heavy atom. The predicted molar refractivity (Wildman–Crippen MR) is 102 cm³/mol. The van der Waals surface area contributed by atoms with Crippen LogP contribution in [-0.2, 0) is 9.59 Å². The van der Waals surface area contributed by atoms with Gasteiger partial charge in [0.15, 0.2) is 0 Å². The van der Waals surface area contributed by atoms with Gasteiger partial charge in [0.25, 0.3) is 0 Å². The van der Waals surface area contributed by atoms with Crippen LogP contribution >= 0.6 is 0 Å². The first-order valence-electron chi connectivity index (χ1n) is 8.38. The molecule has 4 N–H and O–H groups in total. The third kappa shape index (κ3) is 3.90. The van der Waals surface area contributed by atoms with E-state index in [0.717, 1.165) is 27.5 Å². The number of carbonyl (C=O) groups excluding carboxylic acids is 1. The molecule has 0 aliphatic heterocycles. The van der Waals surface area contributed by atoms with E-state index in [-0.39, 0.29) is 18.9 Å². The molecule has 0 spiro atoms. The number of hydrogen-bond donors (Lipinski definition) is 3. The SMILES string of the molecule is NCC(=O)NC(CC(=O)O)c1ccc(-c2cccc3ccccc23)cc1. The molecule has 0 bridgehead atoms. The lowest BCUT2D eigenvalue weighted by atomic mass is 9.95. The number of aliphatic carboxylic acids is 1. The first-order chi connectivity index (χ1) is 12.6. The van der Waals surface area contributed by atoms with Gasteiger partial charge in [0.1, 0.15) is 0 Å². The van der Waals surface area contributed by atoms with Crippen LogP contribution in [0.1, 0.15) is 18.0 Å². The van der Waals surface area contributed by atoms with Gasteiger partial charge in [-0.25, -0.2) is 0 Å². The number of carboxylic acids is 1. The highest BCUT2D eigenvalue weighted by atomic mass is 16.4. The number of benzene rings is 3.